The minimum absolute atomic E-state index is 0. The second-order valence-corrected chi connectivity index (χ2v) is 5.90. The number of carbonyl (C=O) groups is 2. The molecule has 1 aliphatic heterocycles. The molecule has 6 heteroatoms. The number of rotatable bonds is 4. The third-order valence-corrected chi connectivity index (χ3v) is 4.12. The maximum Gasteiger partial charge on any atom is 0.261 e. The smallest absolute Gasteiger partial charge is 0.261 e. The molecule has 0 saturated heterocycles. The standard InChI is InChI=1S/C18H18N2O3.ClH/c1-20(2)13-9-7-12(8-10-13)16(21)11-18(23)14-5-3-4-6-15(14)19-17(18)22;/h3-10,23H,11H2,1-2H3,(H,19,22);1H. The molecule has 0 bridgehead atoms. The van der Waals surface area contributed by atoms with Gasteiger partial charge in [-0.3, -0.25) is 9.59 Å². The molecule has 0 aliphatic carbocycles. The van der Waals surface area contributed by atoms with E-state index in [1.807, 2.05) is 31.1 Å². The number of para-hydroxylation sites is 1. The van der Waals surface area contributed by atoms with Gasteiger partial charge in [-0.15, -0.1) is 12.4 Å². The number of anilines is 2. The first-order valence-electron chi connectivity index (χ1n) is 7.36. The van der Waals surface area contributed by atoms with Crippen molar-refractivity contribution in [2.75, 3.05) is 24.3 Å². The van der Waals surface area contributed by atoms with Crippen LogP contribution in [0, 0.1) is 0 Å². The fourth-order valence-corrected chi connectivity index (χ4v) is 2.76. The summed E-state index contributed by atoms with van der Waals surface area (Å²) in [5.41, 5.74) is 0.637. The highest BCUT2D eigenvalue weighted by Gasteiger charge is 2.46. The molecule has 1 unspecified atom stereocenters. The number of carbonyl (C=O) groups excluding carboxylic acids is 2. The summed E-state index contributed by atoms with van der Waals surface area (Å²) in [5, 5.41) is 13.4. The minimum Gasteiger partial charge on any atom is -0.378 e. The van der Waals surface area contributed by atoms with Crippen LogP contribution in [0.5, 0.6) is 0 Å². The van der Waals surface area contributed by atoms with Crippen LogP contribution < -0.4 is 10.2 Å². The number of fused-ring (bicyclic) bond motifs is 1. The molecule has 5 nitrogen and oxygen atoms in total. The lowest BCUT2D eigenvalue weighted by atomic mass is 9.88. The molecule has 2 aromatic carbocycles. The van der Waals surface area contributed by atoms with E-state index in [2.05, 4.69) is 5.32 Å². The van der Waals surface area contributed by atoms with Crippen molar-refractivity contribution >= 4 is 35.5 Å². The van der Waals surface area contributed by atoms with E-state index >= 15 is 0 Å². The van der Waals surface area contributed by atoms with E-state index in [1.54, 1.807) is 36.4 Å². The molecule has 0 aromatic heterocycles. The largest absolute Gasteiger partial charge is 0.378 e. The highest BCUT2D eigenvalue weighted by Crippen LogP contribution is 2.38. The molecule has 2 N–H and O–H groups in total. The summed E-state index contributed by atoms with van der Waals surface area (Å²) in [5.74, 6) is -0.832. The van der Waals surface area contributed by atoms with Gasteiger partial charge in [-0.25, -0.2) is 0 Å². The number of aliphatic hydroxyl groups is 1. The predicted octanol–water partition coefficient (Wildman–Crippen LogP) is 2.59. The quantitative estimate of drug-likeness (QED) is 0.835. The van der Waals surface area contributed by atoms with Gasteiger partial charge in [0.05, 0.1) is 6.42 Å². The molecule has 2 aromatic rings. The average molecular weight is 347 g/mol. The summed E-state index contributed by atoms with van der Waals surface area (Å²) in [6.07, 6.45) is -0.281. The van der Waals surface area contributed by atoms with Gasteiger partial charge in [-0.05, 0) is 30.3 Å². The Bertz CT molecular complexity index is 774. The van der Waals surface area contributed by atoms with Crippen LogP contribution in [-0.2, 0) is 10.4 Å². The van der Waals surface area contributed by atoms with Gasteiger partial charge in [0.1, 0.15) is 0 Å². The molecule has 3 rings (SSSR count). The van der Waals surface area contributed by atoms with Gasteiger partial charge in [0.15, 0.2) is 11.4 Å². The van der Waals surface area contributed by atoms with E-state index in [4.69, 9.17) is 0 Å². The fraction of sp³-hybridized carbons (Fsp3) is 0.222. The number of ketones is 1. The van der Waals surface area contributed by atoms with E-state index in [0.717, 1.165) is 5.69 Å². The number of hydrogen-bond acceptors (Lipinski definition) is 4. The zero-order chi connectivity index (χ0) is 16.6. The fourth-order valence-electron chi connectivity index (χ4n) is 2.76. The van der Waals surface area contributed by atoms with Gasteiger partial charge < -0.3 is 15.3 Å². The van der Waals surface area contributed by atoms with Crippen LogP contribution in [0.2, 0.25) is 0 Å². The summed E-state index contributed by atoms with van der Waals surface area (Å²) in [6, 6.07) is 14.0. The number of hydrogen-bond donors (Lipinski definition) is 2. The monoisotopic (exact) mass is 346 g/mol. The van der Waals surface area contributed by atoms with E-state index in [0.29, 0.717) is 16.8 Å². The normalized spacial score (nSPS) is 18.4. The first kappa shape index (κ1) is 18.0. The van der Waals surface area contributed by atoms with Crippen LogP contribution in [0.25, 0.3) is 0 Å². The molecule has 1 atom stereocenters. The van der Waals surface area contributed by atoms with Crippen LogP contribution in [0.3, 0.4) is 0 Å². The molecular formula is C18H19ClN2O3. The number of nitrogens with zero attached hydrogens (tertiary/aromatic N) is 1. The van der Waals surface area contributed by atoms with E-state index in [-0.39, 0.29) is 24.6 Å². The van der Waals surface area contributed by atoms with Crippen molar-refractivity contribution < 1.29 is 14.7 Å². The van der Waals surface area contributed by atoms with Gasteiger partial charge >= 0.3 is 0 Å². The van der Waals surface area contributed by atoms with Crippen molar-refractivity contribution in [3.05, 3.63) is 59.7 Å². The Morgan fingerprint density at radius 1 is 1.12 bits per heavy atom. The summed E-state index contributed by atoms with van der Waals surface area (Å²) >= 11 is 0. The Morgan fingerprint density at radius 2 is 1.75 bits per heavy atom. The van der Waals surface area contributed by atoms with Crippen molar-refractivity contribution in [3.63, 3.8) is 0 Å². The van der Waals surface area contributed by atoms with Gasteiger partial charge in [-0.1, -0.05) is 18.2 Å². The van der Waals surface area contributed by atoms with Gasteiger partial charge in [0.2, 0.25) is 0 Å². The van der Waals surface area contributed by atoms with Gasteiger partial charge in [0.25, 0.3) is 5.91 Å². The second kappa shape index (κ2) is 6.63. The lowest BCUT2D eigenvalue weighted by molar-refractivity contribution is -0.133. The van der Waals surface area contributed by atoms with E-state index in [1.165, 1.54) is 0 Å². The number of benzene rings is 2. The topological polar surface area (TPSA) is 69.6 Å². The number of nitrogens with one attached hydrogen (secondary N) is 1. The zero-order valence-electron chi connectivity index (χ0n) is 13.4. The maximum absolute atomic E-state index is 12.5. The number of Topliss-reactive ketones (excluding diaryl/α,β-unsaturated/α-hetero) is 1. The van der Waals surface area contributed by atoms with Crippen LogP contribution in [0.15, 0.2) is 48.5 Å². The Labute approximate surface area is 146 Å². The van der Waals surface area contributed by atoms with Gasteiger partial charge in [0, 0.05) is 36.6 Å². The summed E-state index contributed by atoms with van der Waals surface area (Å²) < 4.78 is 0. The maximum atomic E-state index is 12.5. The lowest BCUT2D eigenvalue weighted by Gasteiger charge is -2.20. The molecule has 0 fully saturated rings. The van der Waals surface area contributed by atoms with Crippen molar-refractivity contribution in [1.29, 1.82) is 0 Å². The van der Waals surface area contributed by atoms with Crippen LogP contribution in [-0.4, -0.2) is 30.9 Å². The Morgan fingerprint density at radius 3 is 2.38 bits per heavy atom. The molecular weight excluding hydrogens is 328 g/mol. The van der Waals surface area contributed by atoms with E-state index < -0.39 is 11.5 Å². The second-order valence-electron chi connectivity index (χ2n) is 5.90. The highest BCUT2D eigenvalue weighted by molar-refractivity contribution is 6.09. The zero-order valence-corrected chi connectivity index (χ0v) is 14.3. The average Bonchev–Trinajstić information content (AvgIpc) is 2.79. The van der Waals surface area contributed by atoms with Crippen molar-refractivity contribution in [3.8, 4) is 0 Å². The van der Waals surface area contributed by atoms with Crippen molar-refractivity contribution in [2.45, 2.75) is 12.0 Å². The molecule has 1 aliphatic rings. The van der Waals surface area contributed by atoms with Crippen LogP contribution >= 0.6 is 12.4 Å². The van der Waals surface area contributed by atoms with Crippen molar-refractivity contribution in [2.24, 2.45) is 0 Å². The molecule has 0 saturated carbocycles. The molecule has 0 spiro atoms. The summed E-state index contributed by atoms with van der Waals surface area (Å²) in [4.78, 5) is 26.6. The van der Waals surface area contributed by atoms with E-state index in [9.17, 15) is 14.7 Å². The molecule has 0 radical (unpaired) electrons. The Hall–Kier alpha value is -2.37. The van der Waals surface area contributed by atoms with Crippen molar-refractivity contribution in [1.82, 2.24) is 0 Å². The number of halogens is 1. The lowest BCUT2D eigenvalue weighted by Crippen LogP contribution is -2.36. The van der Waals surface area contributed by atoms with Crippen LogP contribution in [0.1, 0.15) is 22.3 Å². The summed E-state index contributed by atoms with van der Waals surface area (Å²) in [6.45, 7) is 0. The molecule has 126 valence electrons. The molecule has 24 heavy (non-hydrogen) atoms. The number of amides is 1. The van der Waals surface area contributed by atoms with Crippen LogP contribution in [0.4, 0.5) is 11.4 Å². The highest BCUT2D eigenvalue weighted by atomic mass is 35.5. The minimum atomic E-state index is -1.81. The third-order valence-electron chi connectivity index (χ3n) is 4.12. The summed E-state index contributed by atoms with van der Waals surface area (Å²) in [7, 11) is 3.83. The first-order chi connectivity index (χ1) is 10.9. The first-order valence-corrected chi connectivity index (χ1v) is 7.36. The third kappa shape index (κ3) is 3.00. The SMILES string of the molecule is CN(C)c1ccc(C(=O)CC2(O)C(=O)Nc3ccccc32)cc1.Cl. The molecule has 1 heterocycles. The van der Waals surface area contributed by atoms with Gasteiger partial charge in [-0.2, -0.15) is 0 Å². The molecule has 1 amide bonds. The predicted molar refractivity (Wildman–Crippen MR) is 95.9 cm³/mol. The Balaban J connectivity index is 0.00000208. The Kier molecular flexibility index (Phi) is 4.96.